The fourth-order valence-corrected chi connectivity index (χ4v) is 2.38. The molecule has 0 aliphatic carbocycles. The number of benzene rings is 2. The average molecular weight is 366 g/mol. The van der Waals surface area contributed by atoms with Gasteiger partial charge in [-0.1, -0.05) is 35.3 Å². The molecule has 0 saturated carbocycles. The van der Waals surface area contributed by atoms with Crippen molar-refractivity contribution in [2.45, 2.75) is 0 Å². The highest BCUT2D eigenvalue weighted by atomic mass is 35.5. The van der Waals surface area contributed by atoms with Gasteiger partial charge in [0.05, 0.1) is 17.7 Å². The summed E-state index contributed by atoms with van der Waals surface area (Å²) in [5.74, 6) is -1.27. The van der Waals surface area contributed by atoms with Crippen LogP contribution in [0.5, 0.6) is 5.75 Å². The number of nitrogens with one attached hydrogen (secondary N) is 1. The van der Waals surface area contributed by atoms with Crippen LogP contribution in [-0.4, -0.2) is 24.1 Å². The van der Waals surface area contributed by atoms with Gasteiger partial charge < -0.3 is 15.2 Å². The van der Waals surface area contributed by atoms with Gasteiger partial charge in [-0.05, 0) is 42.0 Å². The molecule has 0 fully saturated rings. The van der Waals surface area contributed by atoms with E-state index in [0.717, 1.165) is 0 Å². The highest BCUT2D eigenvalue weighted by molar-refractivity contribution is 6.36. The molecule has 0 radical (unpaired) electrons. The normalized spacial score (nSPS) is 11.0. The summed E-state index contributed by atoms with van der Waals surface area (Å²) in [5, 5.41) is 12.1. The lowest BCUT2D eigenvalue weighted by Crippen LogP contribution is -2.27. The van der Waals surface area contributed by atoms with E-state index < -0.39 is 11.9 Å². The quantitative estimate of drug-likeness (QED) is 0.788. The third-order valence-electron chi connectivity index (χ3n) is 3.08. The van der Waals surface area contributed by atoms with Gasteiger partial charge in [0.2, 0.25) is 0 Å². The fraction of sp³-hybridized carbons (Fsp3) is 0.0588. The zero-order valence-corrected chi connectivity index (χ0v) is 14.1. The molecule has 2 rings (SSSR count). The molecule has 124 valence electrons. The second-order valence-corrected chi connectivity index (χ2v) is 5.56. The van der Waals surface area contributed by atoms with E-state index in [4.69, 9.17) is 27.9 Å². The van der Waals surface area contributed by atoms with Crippen molar-refractivity contribution in [3.05, 3.63) is 69.3 Å². The Morgan fingerprint density at radius 2 is 1.79 bits per heavy atom. The number of carbonyl (C=O) groups is 2. The van der Waals surface area contributed by atoms with E-state index in [1.54, 1.807) is 24.3 Å². The molecule has 2 N–H and O–H groups in total. The molecule has 1 amide bonds. The van der Waals surface area contributed by atoms with Crippen molar-refractivity contribution in [3.8, 4) is 5.75 Å². The summed E-state index contributed by atoms with van der Waals surface area (Å²) < 4.78 is 5.03. The van der Waals surface area contributed by atoms with Gasteiger partial charge in [-0.2, -0.15) is 0 Å². The monoisotopic (exact) mass is 365 g/mol. The predicted octanol–water partition coefficient (Wildman–Crippen LogP) is 3.86. The van der Waals surface area contributed by atoms with E-state index in [-0.39, 0.29) is 16.3 Å². The zero-order chi connectivity index (χ0) is 17.7. The van der Waals surface area contributed by atoms with Crippen molar-refractivity contribution in [3.63, 3.8) is 0 Å². The Hall–Kier alpha value is -2.50. The van der Waals surface area contributed by atoms with E-state index in [2.05, 4.69) is 5.32 Å². The number of ether oxygens (including phenoxy) is 1. The number of aliphatic carboxylic acids is 1. The van der Waals surface area contributed by atoms with Gasteiger partial charge >= 0.3 is 5.97 Å². The van der Waals surface area contributed by atoms with Crippen molar-refractivity contribution in [2.24, 2.45) is 0 Å². The maximum atomic E-state index is 12.2. The minimum atomic E-state index is -1.27. The Morgan fingerprint density at radius 3 is 2.33 bits per heavy atom. The summed E-state index contributed by atoms with van der Waals surface area (Å²) in [6.45, 7) is 0. The van der Waals surface area contributed by atoms with Crippen molar-refractivity contribution >= 4 is 41.2 Å². The first kappa shape index (κ1) is 17.8. The third-order valence-corrected chi connectivity index (χ3v) is 3.63. The van der Waals surface area contributed by atoms with Crippen LogP contribution in [0.3, 0.4) is 0 Å². The molecule has 0 atom stereocenters. The van der Waals surface area contributed by atoms with Gasteiger partial charge in [0, 0.05) is 5.02 Å². The molecule has 5 nitrogen and oxygen atoms in total. The standard InChI is InChI=1S/C17H13Cl2NO4/c1-24-12-5-2-10(3-6-12)8-15(17(22)23)20-16(21)13-7-4-11(18)9-14(13)19/h2-9H,1H3,(H,20,21)(H,22,23)/b15-8+. The minimum absolute atomic E-state index is 0.128. The number of amides is 1. The van der Waals surface area contributed by atoms with Crippen LogP contribution in [-0.2, 0) is 4.79 Å². The molecule has 0 aliphatic rings. The number of hydrogen-bond donors (Lipinski definition) is 2. The summed E-state index contributed by atoms with van der Waals surface area (Å²) in [6, 6.07) is 11.0. The van der Waals surface area contributed by atoms with Crippen LogP contribution in [0, 0.1) is 0 Å². The topological polar surface area (TPSA) is 75.6 Å². The van der Waals surface area contributed by atoms with E-state index in [0.29, 0.717) is 16.3 Å². The van der Waals surface area contributed by atoms with Gasteiger partial charge in [-0.25, -0.2) is 4.79 Å². The van der Waals surface area contributed by atoms with Crippen LogP contribution in [0.1, 0.15) is 15.9 Å². The molecule has 0 aliphatic heterocycles. The van der Waals surface area contributed by atoms with Gasteiger partial charge in [0.1, 0.15) is 11.4 Å². The number of carboxylic acid groups (broad SMARTS) is 1. The molecule has 0 heterocycles. The summed E-state index contributed by atoms with van der Waals surface area (Å²) in [6.07, 6.45) is 1.34. The van der Waals surface area contributed by atoms with Crippen molar-refractivity contribution in [1.82, 2.24) is 5.32 Å². The fourth-order valence-electron chi connectivity index (χ4n) is 1.88. The first-order chi connectivity index (χ1) is 11.4. The number of carboxylic acids is 1. The number of hydrogen-bond acceptors (Lipinski definition) is 3. The van der Waals surface area contributed by atoms with E-state index in [9.17, 15) is 14.7 Å². The highest BCUT2D eigenvalue weighted by Crippen LogP contribution is 2.21. The molecule has 0 aromatic heterocycles. The minimum Gasteiger partial charge on any atom is -0.497 e. The predicted molar refractivity (Wildman–Crippen MR) is 92.5 cm³/mol. The van der Waals surface area contributed by atoms with Gasteiger partial charge in [-0.15, -0.1) is 0 Å². The molecule has 0 saturated heterocycles. The number of carbonyl (C=O) groups excluding carboxylic acids is 1. The van der Waals surface area contributed by atoms with E-state index >= 15 is 0 Å². The molecule has 0 spiro atoms. The Morgan fingerprint density at radius 1 is 1.12 bits per heavy atom. The second kappa shape index (κ2) is 7.86. The maximum absolute atomic E-state index is 12.2. The molecule has 24 heavy (non-hydrogen) atoms. The van der Waals surface area contributed by atoms with Crippen LogP contribution in [0.15, 0.2) is 48.2 Å². The maximum Gasteiger partial charge on any atom is 0.352 e. The lowest BCUT2D eigenvalue weighted by molar-refractivity contribution is -0.132. The SMILES string of the molecule is COc1ccc(/C=C(/NC(=O)c2ccc(Cl)cc2Cl)C(=O)O)cc1. The summed E-state index contributed by atoms with van der Waals surface area (Å²) >= 11 is 11.7. The first-order valence-electron chi connectivity index (χ1n) is 6.76. The van der Waals surface area contributed by atoms with Gasteiger partial charge in [0.25, 0.3) is 5.91 Å². The molecule has 2 aromatic rings. The van der Waals surface area contributed by atoms with Crippen LogP contribution < -0.4 is 10.1 Å². The van der Waals surface area contributed by atoms with Gasteiger partial charge in [0.15, 0.2) is 0 Å². The third kappa shape index (κ3) is 4.50. The van der Waals surface area contributed by atoms with Crippen LogP contribution in [0.25, 0.3) is 6.08 Å². The van der Waals surface area contributed by atoms with E-state index in [1.165, 1.54) is 31.4 Å². The van der Waals surface area contributed by atoms with Crippen molar-refractivity contribution in [2.75, 3.05) is 7.11 Å². The summed E-state index contributed by atoms with van der Waals surface area (Å²) in [7, 11) is 1.53. The number of halogens is 2. The Balaban J connectivity index is 2.25. The molecular formula is C17H13Cl2NO4. The Kier molecular flexibility index (Phi) is 5.84. The molecule has 2 aromatic carbocycles. The van der Waals surface area contributed by atoms with Gasteiger partial charge in [-0.3, -0.25) is 4.79 Å². The van der Waals surface area contributed by atoms with Crippen LogP contribution >= 0.6 is 23.2 Å². The lowest BCUT2D eigenvalue weighted by atomic mass is 10.1. The first-order valence-corrected chi connectivity index (χ1v) is 7.51. The van der Waals surface area contributed by atoms with Crippen molar-refractivity contribution < 1.29 is 19.4 Å². The Bertz CT molecular complexity index is 801. The zero-order valence-electron chi connectivity index (χ0n) is 12.5. The number of methoxy groups -OCH3 is 1. The largest absolute Gasteiger partial charge is 0.497 e. The molecule has 0 bridgehead atoms. The van der Waals surface area contributed by atoms with Crippen LogP contribution in [0.2, 0.25) is 10.0 Å². The Labute approximate surface area is 148 Å². The average Bonchev–Trinajstić information content (AvgIpc) is 2.54. The smallest absolute Gasteiger partial charge is 0.352 e. The van der Waals surface area contributed by atoms with E-state index in [1.807, 2.05) is 0 Å². The summed E-state index contributed by atoms with van der Waals surface area (Å²) in [4.78, 5) is 23.6. The highest BCUT2D eigenvalue weighted by Gasteiger charge is 2.16. The second-order valence-electron chi connectivity index (χ2n) is 4.71. The molecule has 0 unspecified atom stereocenters. The summed E-state index contributed by atoms with van der Waals surface area (Å²) in [5.41, 5.74) is 0.440. The van der Waals surface area contributed by atoms with Crippen molar-refractivity contribution in [1.29, 1.82) is 0 Å². The number of rotatable bonds is 5. The molecule has 7 heteroatoms. The lowest BCUT2D eigenvalue weighted by Gasteiger charge is -2.08. The van der Waals surface area contributed by atoms with Crippen LogP contribution in [0.4, 0.5) is 0 Å². The molecular weight excluding hydrogens is 353 g/mol.